The van der Waals surface area contributed by atoms with Gasteiger partial charge in [-0.15, -0.1) is 0 Å². The van der Waals surface area contributed by atoms with Gasteiger partial charge in [-0.25, -0.2) is 0 Å². The number of hydrogen-bond donors (Lipinski definition) is 2. The van der Waals surface area contributed by atoms with Gasteiger partial charge in [0.25, 0.3) is 0 Å². The van der Waals surface area contributed by atoms with Crippen molar-refractivity contribution in [1.82, 2.24) is 20.4 Å². The molecule has 0 radical (unpaired) electrons. The lowest BCUT2D eigenvalue weighted by Crippen LogP contribution is -2.32. The third-order valence-corrected chi connectivity index (χ3v) is 5.46. The largest absolute Gasteiger partial charge is 0.352 e. The summed E-state index contributed by atoms with van der Waals surface area (Å²) in [6.45, 7) is 6.47. The number of benzene rings is 2. The number of halogens is 1. The van der Waals surface area contributed by atoms with Gasteiger partial charge in [0.2, 0.25) is 11.8 Å². The summed E-state index contributed by atoms with van der Waals surface area (Å²) in [5.41, 5.74) is 4.93. The third-order valence-electron chi connectivity index (χ3n) is 5.21. The lowest BCUT2D eigenvalue weighted by Gasteiger charge is -2.18. The summed E-state index contributed by atoms with van der Waals surface area (Å²) < 4.78 is 1.96. The number of carbonyl (C=O) groups is 2. The molecule has 0 bridgehead atoms. The fraction of sp³-hybridized carbons (Fsp3) is 0.292. The standard InChI is InChI=1S/C24H27ClN4O2/c1-16-22(17(2)29(28-16)15-19-7-5-4-6-8-19)14-26-24(31)13-23(27-18(3)30)20-9-11-21(25)12-10-20/h4-12,23H,13-15H2,1-3H3,(H,26,31)(H,27,30). The average Bonchev–Trinajstić information content (AvgIpc) is 2.99. The van der Waals surface area contributed by atoms with E-state index in [1.165, 1.54) is 12.5 Å². The van der Waals surface area contributed by atoms with Crippen LogP contribution in [-0.4, -0.2) is 21.6 Å². The molecule has 0 spiro atoms. The molecule has 3 rings (SSSR count). The second-order valence-corrected chi connectivity index (χ2v) is 8.01. The molecule has 1 aromatic heterocycles. The van der Waals surface area contributed by atoms with Crippen LogP contribution < -0.4 is 10.6 Å². The van der Waals surface area contributed by atoms with Crippen LogP contribution in [0.4, 0.5) is 0 Å². The molecule has 7 heteroatoms. The van der Waals surface area contributed by atoms with E-state index in [1.54, 1.807) is 12.1 Å². The van der Waals surface area contributed by atoms with Crippen molar-refractivity contribution >= 4 is 23.4 Å². The van der Waals surface area contributed by atoms with Crippen molar-refractivity contribution in [2.24, 2.45) is 0 Å². The van der Waals surface area contributed by atoms with Gasteiger partial charge < -0.3 is 10.6 Å². The van der Waals surface area contributed by atoms with E-state index in [0.717, 1.165) is 22.5 Å². The number of nitrogens with one attached hydrogen (secondary N) is 2. The van der Waals surface area contributed by atoms with Gasteiger partial charge in [-0.3, -0.25) is 14.3 Å². The number of carbonyl (C=O) groups excluding carboxylic acids is 2. The minimum Gasteiger partial charge on any atom is -0.352 e. The fourth-order valence-electron chi connectivity index (χ4n) is 3.54. The van der Waals surface area contributed by atoms with Gasteiger partial charge in [0.05, 0.1) is 24.7 Å². The summed E-state index contributed by atoms with van der Waals surface area (Å²) in [7, 11) is 0. The van der Waals surface area contributed by atoms with Crippen LogP contribution in [0.25, 0.3) is 0 Å². The first-order valence-electron chi connectivity index (χ1n) is 10.2. The molecule has 6 nitrogen and oxygen atoms in total. The van der Waals surface area contributed by atoms with Crippen LogP contribution in [-0.2, 0) is 22.7 Å². The van der Waals surface area contributed by atoms with E-state index in [-0.39, 0.29) is 18.2 Å². The average molecular weight is 439 g/mol. The molecule has 31 heavy (non-hydrogen) atoms. The second kappa shape index (κ2) is 10.3. The fourth-order valence-corrected chi connectivity index (χ4v) is 3.66. The summed E-state index contributed by atoms with van der Waals surface area (Å²) >= 11 is 5.95. The molecule has 2 aromatic carbocycles. The summed E-state index contributed by atoms with van der Waals surface area (Å²) in [5, 5.41) is 11.1. The molecule has 0 fully saturated rings. The molecule has 2 N–H and O–H groups in total. The van der Waals surface area contributed by atoms with Gasteiger partial charge in [0.15, 0.2) is 0 Å². The van der Waals surface area contributed by atoms with Gasteiger partial charge in [0.1, 0.15) is 0 Å². The summed E-state index contributed by atoms with van der Waals surface area (Å²) in [6, 6.07) is 16.9. The van der Waals surface area contributed by atoms with Gasteiger partial charge in [-0.1, -0.05) is 54.1 Å². The van der Waals surface area contributed by atoms with Crippen LogP contribution in [0.5, 0.6) is 0 Å². The maximum absolute atomic E-state index is 12.7. The second-order valence-electron chi connectivity index (χ2n) is 7.58. The minimum atomic E-state index is -0.419. The Morgan fingerprint density at radius 2 is 1.74 bits per heavy atom. The first-order chi connectivity index (χ1) is 14.8. The van der Waals surface area contributed by atoms with Crippen molar-refractivity contribution in [3.05, 3.63) is 87.7 Å². The SMILES string of the molecule is CC(=O)NC(CC(=O)NCc1c(C)nn(Cc2ccccc2)c1C)c1ccc(Cl)cc1. The molecule has 0 saturated carbocycles. The van der Waals surface area contributed by atoms with Crippen molar-refractivity contribution in [1.29, 1.82) is 0 Å². The van der Waals surface area contributed by atoms with Gasteiger partial charge >= 0.3 is 0 Å². The van der Waals surface area contributed by atoms with Crippen molar-refractivity contribution < 1.29 is 9.59 Å². The van der Waals surface area contributed by atoms with Crippen LogP contribution in [0.1, 0.15) is 47.5 Å². The molecule has 3 aromatic rings. The maximum atomic E-state index is 12.7. The lowest BCUT2D eigenvalue weighted by molar-refractivity contribution is -0.122. The Hall–Kier alpha value is -3.12. The first kappa shape index (κ1) is 22.6. The zero-order valence-electron chi connectivity index (χ0n) is 18.0. The molecule has 162 valence electrons. The van der Waals surface area contributed by atoms with Crippen molar-refractivity contribution in [3.8, 4) is 0 Å². The minimum absolute atomic E-state index is 0.136. The Bertz CT molecular complexity index is 1050. The molecular formula is C24H27ClN4O2. The summed E-state index contributed by atoms with van der Waals surface area (Å²) in [4.78, 5) is 24.3. The van der Waals surface area contributed by atoms with E-state index in [2.05, 4.69) is 27.9 Å². The highest BCUT2D eigenvalue weighted by Crippen LogP contribution is 2.20. The zero-order valence-corrected chi connectivity index (χ0v) is 18.7. The molecule has 1 unspecified atom stereocenters. The highest BCUT2D eigenvalue weighted by Gasteiger charge is 2.18. The van der Waals surface area contributed by atoms with Crippen LogP contribution in [0.15, 0.2) is 54.6 Å². The molecule has 1 heterocycles. The number of hydrogen-bond acceptors (Lipinski definition) is 3. The van der Waals surface area contributed by atoms with Gasteiger partial charge in [-0.05, 0) is 37.1 Å². The highest BCUT2D eigenvalue weighted by atomic mass is 35.5. The molecule has 0 saturated heterocycles. The maximum Gasteiger partial charge on any atom is 0.222 e. The number of aromatic nitrogens is 2. The molecule has 0 aliphatic rings. The normalized spacial score (nSPS) is 11.7. The molecule has 0 aliphatic carbocycles. The Balaban J connectivity index is 1.65. The van der Waals surface area contributed by atoms with Crippen molar-refractivity contribution in [3.63, 3.8) is 0 Å². The van der Waals surface area contributed by atoms with Gasteiger partial charge in [0, 0.05) is 29.7 Å². The van der Waals surface area contributed by atoms with E-state index in [4.69, 9.17) is 11.6 Å². The number of aryl methyl sites for hydroxylation is 1. The molecule has 0 aliphatic heterocycles. The number of nitrogens with zero attached hydrogens (tertiary/aromatic N) is 2. The van der Waals surface area contributed by atoms with Crippen LogP contribution in [0, 0.1) is 13.8 Å². The first-order valence-corrected chi connectivity index (χ1v) is 10.6. The summed E-state index contributed by atoms with van der Waals surface area (Å²) in [5.74, 6) is -0.343. The monoisotopic (exact) mass is 438 g/mol. The van der Waals surface area contributed by atoms with Crippen molar-refractivity contribution in [2.45, 2.75) is 46.3 Å². The molecule has 1 atom stereocenters. The molecule has 2 amide bonds. The van der Waals surface area contributed by atoms with E-state index in [9.17, 15) is 9.59 Å². The quantitative estimate of drug-likeness (QED) is 0.556. The van der Waals surface area contributed by atoms with Gasteiger partial charge in [-0.2, -0.15) is 5.10 Å². The Labute approximate surface area is 187 Å². The predicted molar refractivity (Wildman–Crippen MR) is 122 cm³/mol. The highest BCUT2D eigenvalue weighted by molar-refractivity contribution is 6.30. The number of amides is 2. The van der Waals surface area contributed by atoms with Crippen LogP contribution in [0.3, 0.4) is 0 Å². The predicted octanol–water partition coefficient (Wildman–Crippen LogP) is 4.09. The van der Waals surface area contributed by atoms with E-state index < -0.39 is 6.04 Å². The lowest BCUT2D eigenvalue weighted by atomic mass is 10.0. The smallest absolute Gasteiger partial charge is 0.222 e. The molecular weight excluding hydrogens is 412 g/mol. The van der Waals surface area contributed by atoms with Crippen LogP contribution in [0.2, 0.25) is 5.02 Å². The Morgan fingerprint density at radius 3 is 2.39 bits per heavy atom. The Morgan fingerprint density at radius 1 is 1.06 bits per heavy atom. The Kier molecular flexibility index (Phi) is 7.47. The van der Waals surface area contributed by atoms with E-state index in [0.29, 0.717) is 18.1 Å². The number of rotatable bonds is 8. The van der Waals surface area contributed by atoms with Crippen molar-refractivity contribution in [2.75, 3.05) is 0 Å². The topological polar surface area (TPSA) is 76.0 Å². The third kappa shape index (κ3) is 6.18. The van der Waals surface area contributed by atoms with E-state index in [1.807, 2.05) is 48.9 Å². The van der Waals surface area contributed by atoms with Crippen LogP contribution >= 0.6 is 11.6 Å². The van der Waals surface area contributed by atoms with E-state index >= 15 is 0 Å². The summed E-state index contributed by atoms with van der Waals surface area (Å²) in [6.07, 6.45) is 0.136. The zero-order chi connectivity index (χ0) is 22.4.